The Hall–Kier alpha value is -1.80. The summed E-state index contributed by atoms with van der Waals surface area (Å²) in [4.78, 5) is 22.5. The van der Waals surface area contributed by atoms with E-state index in [1.54, 1.807) is 29.6 Å². The number of benzene rings is 1. The number of halogens is 2. The first-order valence-electron chi connectivity index (χ1n) is 8.59. The lowest BCUT2D eigenvalue weighted by Gasteiger charge is -2.16. The number of thiazole rings is 1. The van der Waals surface area contributed by atoms with Crippen LogP contribution in [0.3, 0.4) is 0 Å². The topological polar surface area (TPSA) is 58.1 Å². The summed E-state index contributed by atoms with van der Waals surface area (Å²) in [5, 5.41) is 3.75. The van der Waals surface area contributed by atoms with Gasteiger partial charge in [0.2, 0.25) is 0 Å². The van der Waals surface area contributed by atoms with Crippen molar-refractivity contribution in [1.29, 1.82) is 0 Å². The molecule has 1 saturated heterocycles. The first kappa shape index (κ1) is 19.5. The van der Waals surface area contributed by atoms with Crippen LogP contribution in [-0.2, 0) is 0 Å². The van der Waals surface area contributed by atoms with Gasteiger partial charge in [-0.05, 0) is 55.1 Å². The molecule has 144 valence electrons. The van der Waals surface area contributed by atoms with Crippen molar-refractivity contribution in [3.63, 3.8) is 0 Å². The van der Waals surface area contributed by atoms with Crippen LogP contribution in [-0.4, -0.2) is 28.2 Å². The van der Waals surface area contributed by atoms with E-state index >= 15 is 0 Å². The Bertz CT molecular complexity index is 1030. The van der Waals surface area contributed by atoms with E-state index in [1.807, 2.05) is 19.1 Å². The van der Waals surface area contributed by atoms with E-state index in [2.05, 4.69) is 19.6 Å². The molecular formula is C19H16Cl2N4OS2. The van der Waals surface area contributed by atoms with E-state index in [0.717, 1.165) is 40.7 Å². The van der Waals surface area contributed by atoms with Crippen molar-refractivity contribution < 1.29 is 4.79 Å². The van der Waals surface area contributed by atoms with Crippen molar-refractivity contribution >= 4 is 63.9 Å². The summed E-state index contributed by atoms with van der Waals surface area (Å²) in [5.74, 6) is 1.49. The molecule has 3 heterocycles. The number of rotatable bonds is 4. The first-order valence-corrected chi connectivity index (χ1v) is 11.2. The largest absolute Gasteiger partial charge is 0.322 e. The van der Waals surface area contributed by atoms with Crippen molar-refractivity contribution in [3.05, 3.63) is 57.3 Å². The fraction of sp³-hybridized carbons (Fsp3) is 0.211. The molecule has 3 aromatic rings. The van der Waals surface area contributed by atoms with E-state index in [4.69, 9.17) is 23.2 Å². The van der Waals surface area contributed by atoms with Crippen molar-refractivity contribution in [1.82, 2.24) is 9.97 Å². The van der Waals surface area contributed by atoms with Gasteiger partial charge in [0.15, 0.2) is 0 Å². The highest BCUT2D eigenvalue weighted by Crippen LogP contribution is 2.33. The van der Waals surface area contributed by atoms with Crippen LogP contribution in [0.15, 0.2) is 36.0 Å². The number of carbonyl (C=O) groups excluding carboxylic acids is 1. The van der Waals surface area contributed by atoms with Gasteiger partial charge in [-0.15, -0.1) is 11.3 Å². The quantitative estimate of drug-likeness (QED) is 0.498. The number of amides is 1. The normalized spacial score (nSPS) is 13.8. The molecule has 0 spiro atoms. The first-order chi connectivity index (χ1) is 13.5. The maximum absolute atomic E-state index is 12.9. The molecule has 1 aliphatic heterocycles. The number of hydrogen-bond donors (Lipinski definition) is 1. The fourth-order valence-corrected chi connectivity index (χ4v) is 5.12. The van der Waals surface area contributed by atoms with Crippen LogP contribution in [0.25, 0.3) is 10.4 Å². The van der Waals surface area contributed by atoms with Crippen LogP contribution in [0.5, 0.6) is 0 Å². The molecule has 5 nitrogen and oxygen atoms in total. The van der Waals surface area contributed by atoms with Crippen LogP contribution in [0.2, 0.25) is 10.0 Å². The minimum atomic E-state index is -0.299. The van der Waals surface area contributed by atoms with Crippen LogP contribution >= 0.6 is 46.5 Å². The Labute approximate surface area is 181 Å². The van der Waals surface area contributed by atoms with Crippen LogP contribution in [0, 0.1) is 6.92 Å². The zero-order valence-electron chi connectivity index (χ0n) is 14.9. The molecule has 1 aromatic carbocycles. The second-order valence-corrected chi connectivity index (χ2v) is 9.07. The van der Waals surface area contributed by atoms with Crippen LogP contribution < -0.4 is 9.62 Å². The van der Waals surface area contributed by atoms with Crippen molar-refractivity contribution in [2.45, 2.75) is 13.3 Å². The molecule has 4 rings (SSSR count). The van der Waals surface area contributed by atoms with Gasteiger partial charge in [0.1, 0.15) is 5.82 Å². The Morgan fingerprint density at radius 2 is 2.07 bits per heavy atom. The van der Waals surface area contributed by atoms with E-state index in [0.29, 0.717) is 21.3 Å². The predicted molar refractivity (Wildman–Crippen MR) is 119 cm³/mol. The second-order valence-electron chi connectivity index (χ2n) is 6.26. The average molecular weight is 451 g/mol. The zero-order chi connectivity index (χ0) is 19.7. The summed E-state index contributed by atoms with van der Waals surface area (Å²) in [6.45, 7) is 2.85. The lowest BCUT2D eigenvalue weighted by Crippen LogP contribution is -2.16. The van der Waals surface area contributed by atoms with E-state index < -0.39 is 0 Å². The Balaban J connectivity index is 1.61. The van der Waals surface area contributed by atoms with Gasteiger partial charge in [0.05, 0.1) is 26.7 Å². The molecule has 28 heavy (non-hydrogen) atoms. The van der Waals surface area contributed by atoms with E-state index in [-0.39, 0.29) is 5.91 Å². The van der Waals surface area contributed by atoms with Gasteiger partial charge < -0.3 is 9.62 Å². The Morgan fingerprint density at radius 1 is 1.21 bits per heavy atom. The second kappa shape index (κ2) is 8.29. The molecule has 2 aromatic heterocycles. The van der Waals surface area contributed by atoms with Gasteiger partial charge in [-0.2, -0.15) is 0 Å². The number of nitrogens with one attached hydrogen (secondary N) is 1. The predicted octanol–water partition coefficient (Wildman–Crippen LogP) is 5.93. The lowest BCUT2D eigenvalue weighted by molar-refractivity contribution is 0.102. The highest BCUT2D eigenvalue weighted by molar-refractivity contribution is 8.00. The number of hydrogen-bond acceptors (Lipinski definition) is 6. The minimum absolute atomic E-state index is 0.299. The number of anilines is 2. The number of aromatic nitrogens is 2. The Kier molecular flexibility index (Phi) is 5.78. The van der Waals surface area contributed by atoms with Gasteiger partial charge in [-0.25, -0.2) is 9.97 Å². The third kappa shape index (κ3) is 4.12. The Morgan fingerprint density at radius 3 is 2.79 bits per heavy atom. The molecule has 1 aliphatic rings. The smallest absolute Gasteiger partial charge is 0.257 e. The standard InChI is InChI=1S/C19H16Cl2N4OS2/c1-11-18(27-10-23-11)12-5-13(20)7-14(6-12)24-19(26)15-8-17(22-9-16(15)21)25-3-2-4-28-25/h5-10H,2-4H2,1H3,(H,24,26). The maximum atomic E-state index is 12.9. The van der Waals surface area contributed by atoms with Gasteiger partial charge in [-0.3, -0.25) is 4.79 Å². The molecule has 1 fully saturated rings. The third-order valence-electron chi connectivity index (χ3n) is 4.26. The summed E-state index contributed by atoms with van der Waals surface area (Å²) in [5.41, 5.74) is 4.62. The molecule has 0 saturated carbocycles. The molecule has 0 atom stereocenters. The summed E-state index contributed by atoms with van der Waals surface area (Å²) >= 11 is 15.8. The monoisotopic (exact) mass is 450 g/mol. The van der Waals surface area contributed by atoms with Crippen LogP contribution in [0.1, 0.15) is 22.5 Å². The van der Waals surface area contributed by atoms with Gasteiger partial charge >= 0.3 is 0 Å². The molecule has 0 aliphatic carbocycles. The molecule has 9 heteroatoms. The highest BCUT2D eigenvalue weighted by Gasteiger charge is 2.19. The number of pyridine rings is 1. The minimum Gasteiger partial charge on any atom is -0.322 e. The number of aryl methyl sites for hydroxylation is 1. The fourth-order valence-electron chi connectivity index (χ4n) is 2.94. The molecule has 0 unspecified atom stereocenters. The van der Waals surface area contributed by atoms with Crippen molar-refractivity contribution in [2.75, 3.05) is 21.9 Å². The van der Waals surface area contributed by atoms with Crippen molar-refractivity contribution in [3.8, 4) is 10.4 Å². The molecule has 1 amide bonds. The number of carbonyl (C=O) groups is 1. The lowest BCUT2D eigenvalue weighted by atomic mass is 10.1. The van der Waals surface area contributed by atoms with Crippen LogP contribution in [0.4, 0.5) is 11.5 Å². The zero-order valence-corrected chi connectivity index (χ0v) is 18.1. The molecular weight excluding hydrogens is 435 g/mol. The van der Waals surface area contributed by atoms with Crippen molar-refractivity contribution in [2.24, 2.45) is 0 Å². The van der Waals surface area contributed by atoms with E-state index in [1.165, 1.54) is 17.5 Å². The van der Waals surface area contributed by atoms with Gasteiger partial charge in [0.25, 0.3) is 5.91 Å². The average Bonchev–Trinajstić information content (AvgIpc) is 3.33. The molecule has 0 radical (unpaired) electrons. The summed E-state index contributed by atoms with van der Waals surface area (Å²) in [6, 6.07) is 7.19. The SMILES string of the molecule is Cc1ncsc1-c1cc(Cl)cc(NC(=O)c2cc(N3CCCS3)ncc2Cl)c1. The maximum Gasteiger partial charge on any atom is 0.257 e. The number of nitrogens with zero attached hydrogens (tertiary/aromatic N) is 3. The van der Waals surface area contributed by atoms with Gasteiger partial charge in [-0.1, -0.05) is 23.2 Å². The summed E-state index contributed by atoms with van der Waals surface area (Å²) in [6.07, 6.45) is 2.62. The summed E-state index contributed by atoms with van der Waals surface area (Å²) in [7, 11) is 0. The molecule has 1 N–H and O–H groups in total. The molecule has 0 bridgehead atoms. The summed E-state index contributed by atoms with van der Waals surface area (Å²) < 4.78 is 2.08. The van der Waals surface area contributed by atoms with E-state index in [9.17, 15) is 4.79 Å². The van der Waals surface area contributed by atoms with Gasteiger partial charge in [0, 0.05) is 29.2 Å². The highest BCUT2D eigenvalue weighted by atomic mass is 35.5. The third-order valence-corrected chi connectivity index (χ3v) is 6.91.